The summed E-state index contributed by atoms with van der Waals surface area (Å²) in [7, 11) is 1.86. The summed E-state index contributed by atoms with van der Waals surface area (Å²) in [6.45, 7) is 6.44. The van der Waals surface area contributed by atoms with Crippen molar-refractivity contribution in [2.45, 2.75) is 44.9 Å². The predicted molar refractivity (Wildman–Crippen MR) is 104 cm³/mol. The highest BCUT2D eigenvalue weighted by Crippen LogP contribution is 2.27. The molecule has 2 heterocycles. The van der Waals surface area contributed by atoms with Crippen molar-refractivity contribution in [3.05, 3.63) is 52.8 Å². The second-order valence-electron chi connectivity index (χ2n) is 7.85. The molecule has 2 aromatic rings. The Hall–Kier alpha value is -2.05. The van der Waals surface area contributed by atoms with Crippen molar-refractivity contribution in [1.29, 1.82) is 0 Å². The second kappa shape index (κ2) is 7.90. The molecule has 3 rings (SSSR count). The van der Waals surface area contributed by atoms with Crippen molar-refractivity contribution in [2.24, 2.45) is 7.05 Å². The Kier molecular flexibility index (Phi) is 5.77. The molecule has 1 aromatic carbocycles. The van der Waals surface area contributed by atoms with Crippen LogP contribution in [0.25, 0.3) is 0 Å². The molecule has 7 heteroatoms. The van der Waals surface area contributed by atoms with Gasteiger partial charge in [0.05, 0.1) is 24.9 Å². The first-order valence-electron chi connectivity index (χ1n) is 9.06. The lowest BCUT2D eigenvalue weighted by Gasteiger charge is -2.39. The van der Waals surface area contributed by atoms with Crippen LogP contribution in [0.2, 0.25) is 5.02 Å². The smallest absolute Gasteiger partial charge is 0.410 e. The normalized spacial score (nSPS) is 20.6. The lowest BCUT2D eigenvalue weighted by molar-refractivity contribution is -0.0724. The number of hydrogen-bond acceptors (Lipinski definition) is 4. The molecule has 0 radical (unpaired) electrons. The quantitative estimate of drug-likeness (QED) is 0.793. The number of carbonyl (C=O) groups excluding carboxylic acids is 1. The molecule has 1 aromatic heterocycles. The third kappa shape index (κ3) is 5.23. The SMILES string of the molecule is Cn1ccc([C@H]2CN(C(=O)OC(C)(C)C)[C@@H](Cc3ccc(Cl)cc3)CO2)n1. The first kappa shape index (κ1) is 19.7. The molecule has 1 saturated heterocycles. The number of carbonyl (C=O) groups is 1. The van der Waals surface area contributed by atoms with E-state index < -0.39 is 5.60 Å². The molecule has 0 saturated carbocycles. The van der Waals surface area contributed by atoms with E-state index in [4.69, 9.17) is 21.1 Å². The van der Waals surface area contributed by atoms with Gasteiger partial charge in [-0.3, -0.25) is 9.58 Å². The molecule has 1 amide bonds. The second-order valence-corrected chi connectivity index (χ2v) is 8.29. The fourth-order valence-electron chi connectivity index (χ4n) is 3.09. The average Bonchev–Trinajstić information content (AvgIpc) is 3.02. The van der Waals surface area contributed by atoms with Crippen LogP contribution in [0.4, 0.5) is 4.79 Å². The molecule has 146 valence electrons. The van der Waals surface area contributed by atoms with E-state index in [2.05, 4.69) is 5.10 Å². The number of amides is 1. The number of benzene rings is 1. The summed E-state index contributed by atoms with van der Waals surface area (Å²) >= 11 is 5.98. The van der Waals surface area contributed by atoms with Gasteiger partial charge < -0.3 is 9.47 Å². The van der Waals surface area contributed by atoms with E-state index in [1.807, 2.05) is 64.3 Å². The molecule has 0 spiro atoms. The van der Waals surface area contributed by atoms with Gasteiger partial charge in [0.25, 0.3) is 0 Å². The van der Waals surface area contributed by atoms with Crippen LogP contribution < -0.4 is 0 Å². The average molecular weight is 392 g/mol. The highest BCUT2D eigenvalue weighted by molar-refractivity contribution is 6.30. The lowest BCUT2D eigenvalue weighted by atomic mass is 10.0. The molecule has 0 bridgehead atoms. The van der Waals surface area contributed by atoms with Crippen LogP contribution in [0.1, 0.15) is 38.1 Å². The molecule has 1 aliphatic rings. The van der Waals surface area contributed by atoms with E-state index in [0.29, 0.717) is 24.6 Å². The Morgan fingerprint density at radius 2 is 2.00 bits per heavy atom. The zero-order valence-electron chi connectivity index (χ0n) is 16.2. The van der Waals surface area contributed by atoms with Gasteiger partial charge in [-0.25, -0.2) is 4.79 Å². The van der Waals surface area contributed by atoms with Gasteiger partial charge in [0.2, 0.25) is 0 Å². The number of ether oxygens (including phenoxy) is 2. The third-order valence-electron chi connectivity index (χ3n) is 4.37. The first-order valence-corrected chi connectivity index (χ1v) is 9.44. The van der Waals surface area contributed by atoms with Crippen molar-refractivity contribution < 1.29 is 14.3 Å². The molecule has 6 nitrogen and oxygen atoms in total. The van der Waals surface area contributed by atoms with Crippen molar-refractivity contribution in [3.63, 3.8) is 0 Å². The summed E-state index contributed by atoms with van der Waals surface area (Å²) in [6.07, 6.45) is 1.95. The highest BCUT2D eigenvalue weighted by Gasteiger charge is 2.36. The highest BCUT2D eigenvalue weighted by atomic mass is 35.5. The van der Waals surface area contributed by atoms with Crippen LogP contribution >= 0.6 is 11.6 Å². The summed E-state index contributed by atoms with van der Waals surface area (Å²) in [6, 6.07) is 9.46. The van der Waals surface area contributed by atoms with Crippen LogP contribution in [0.15, 0.2) is 36.5 Å². The Morgan fingerprint density at radius 3 is 2.59 bits per heavy atom. The van der Waals surface area contributed by atoms with E-state index in [1.165, 1.54) is 0 Å². The topological polar surface area (TPSA) is 56.6 Å². The Morgan fingerprint density at radius 1 is 1.30 bits per heavy atom. The Labute approximate surface area is 165 Å². The monoisotopic (exact) mass is 391 g/mol. The van der Waals surface area contributed by atoms with E-state index in [0.717, 1.165) is 11.3 Å². The molecule has 0 unspecified atom stereocenters. The molecule has 1 aliphatic heterocycles. The number of halogens is 1. The van der Waals surface area contributed by atoms with Crippen molar-refractivity contribution in [1.82, 2.24) is 14.7 Å². The van der Waals surface area contributed by atoms with Crippen molar-refractivity contribution >= 4 is 17.7 Å². The Balaban J connectivity index is 1.78. The number of hydrogen-bond donors (Lipinski definition) is 0. The maximum absolute atomic E-state index is 12.9. The van der Waals surface area contributed by atoms with Gasteiger partial charge in [0.1, 0.15) is 11.7 Å². The predicted octanol–water partition coefficient (Wildman–Crippen LogP) is 3.99. The standard InChI is InChI=1S/C20H26ClN3O3/c1-20(2,3)27-19(25)24-12-18(17-9-10-23(4)22-17)26-13-16(24)11-14-5-7-15(21)8-6-14/h5-10,16,18H,11-13H2,1-4H3/t16-,18+/m0/s1. The molecule has 27 heavy (non-hydrogen) atoms. The maximum atomic E-state index is 12.9. The fraction of sp³-hybridized carbons (Fsp3) is 0.500. The van der Waals surface area contributed by atoms with Crippen LogP contribution in [0.3, 0.4) is 0 Å². The van der Waals surface area contributed by atoms with Gasteiger partial charge in [-0.2, -0.15) is 5.10 Å². The first-order chi connectivity index (χ1) is 12.7. The van der Waals surface area contributed by atoms with Crippen LogP contribution in [0, 0.1) is 0 Å². The van der Waals surface area contributed by atoms with Crippen LogP contribution in [0.5, 0.6) is 0 Å². The van der Waals surface area contributed by atoms with Gasteiger partial charge in [-0.1, -0.05) is 23.7 Å². The molecule has 0 aliphatic carbocycles. The molecule has 2 atom stereocenters. The third-order valence-corrected chi connectivity index (χ3v) is 4.62. The summed E-state index contributed by atoms with van der Waals surface area (Å²) in [5.74, 6) is 0. The molecular formula is C20H26ClN3O3. The van der Waals surface area contributed by atoms with Gasteiger partial charge in [0, 0.05) is 18.3 Å². The number of rotatable bonds is 3. The van der Waals surface area contributed by atoms with Crippen molar-refractivity contribution in [2.75, 3.05) is 13.2 Å². The van der Waals surface area contributed by atoms with Crippen LogP contribution in [-0.2, 0) is 22.9 Å². The van der Waals surface area contributed by atoms with Crippen LogP contribution in [-0.4, -0.2) is 45.6 Å². The van der Waals surface area contributed by atoms with Gasteiger partial charge >= 0.3 is 6.09 Å². The van der Waals surface area contributed by atoms with E-state index in [9.17, 15) is 4.79 Å². The number of morpholine rings is 1. The Bertz CT molecular complexity index is 783. The number of aromatic nitrogens is 2. The minimum absolute atomic E-state index is 0.110. The lowest BCUT2D eigenvalue weighted by Crippen LogP contribution is -2.52. The molecule has 0 N–H and O–H groups in total. The minimum Gasteiger partial charge on any atom is -0.444 e. The zero-order chi connectivity index (χ0) is 19.6. The van der Waals surface area contributed by atoms with Gasteiger partial charge in [0.15, 0.2) is 0 Å². The number of nitrogens with zero attached hydrogens (tertiary/aromatic N) is 3. The largest absolute Gasteiger partial charge is 0.444 e. The fourth-order valence-corrected chi connectivity index (χ4v) is 3.21. The number of aryl methyl sites for hydroxylation is 1. The van der Waals surface area contributed by atoms with Gasteiger partial charge in [-0.05, 0) is 51.0 Å². The minimum atomic E-state index is -0.555. The molecule has 1 fully saturated rings. The van der Waals surface area contributed by atoms with Gasteiger partial charge in [-0.15, -0.1) is 0 Å². The van der Waals surface area contributed by atoms with E-state index in [1.54, 1.807) is 9.58 Å². The van der Waals surface area contributed by atoms with Crippen molar-refractivity contribution in [3.8, 4) is 0 Å². The van der Waals surface area contributed by atoms with E-state index >= 15 is 0 Å². The summed E-state index contributed by atoms with van der Waals surface area (Å²) < 4.78 is 13.4. The summed E-state index contributed by atoms with van der Waals surface area (Å²) in [4.78, 5) is 14.6. The molecular weight excluding hydrogens is 366 g/mol. The van der Waals surface area contributed by atoms with E-state index in [-0.39, 0.29) is 18.2 Å². The zero-order valence-corrected chi connectivity index (χ0v) is 16.9. The maximum Gasteiger partial charge on any atom is 0.410 e. The summed E-state index contributed by atoms with van der Waals surface area (Å²) in [5.41, 5.74) is 1.36. The summed E-state index contributed by atoms with van der Waals surface area (Å²) in [5, 5.41) is 5.11.